The molecule has 0 radical (unpaired) electrons. The van der Waals surface area contributed by atoms with E-state index in [1.165, 1.54) is 5.56 Å². The molecule has 0 spiro atoms. The largest absolute Gasteiger partial charge is 0.495 e. The Kier molecular flexibility index (Phi) is 5.18. The van der Waals surface area contributed by atoms with Gasteiger partial charge in [0.2, 0.25) is 5.95 Å². The Morgan fingerprint density at radius 3 is 2.61 bits per heavy atom. The van der Waals surface area contributed by atoms with Crippen LogP contribution in [0.1, 0.15) is 5.56 Å². The van der Waals surface area contributed by atoms with Crippen molar-refractivity contribution in [3.05, 3.63) is 66.5 Å². The summed E-state index contributed by atoms with van der Waals surface area (Å²) in [4.78, 5) is 11.7. The van der Waals surface area contributed by atoms with E-state index in [9.17, 15) is 0 Å². The van der Waals surface area contributed by atoms with Crippen LogP contribution >= 0.6 is 0 Å². The first kappa shape index (κ1) is 19.4. The molecule has 31 heavy (non-hydrogen) atoms. The average molecular weight is 415 g/mol. The number of nitrogens with zero attached hydrogens (tertiary/aromatic N) is 4. The van der Waals surface area contributed by atoms with Crippen molar-refractivity contribution in [2.75, 3.05) is 43.6 Å². The van der Waals surface area contributed by atoms with Gasteiger partial charge in [-0.15, -0.1) is 0 Å². The fourth-order valence-electron chi connectivity index (χ4n) is 3.83. The van der Waals surface area contributed by atoms with Crippen LogP contribution in [0, 0.1) is 6.92 Å². The van der Waals surface area contributed by atoms with Crippen LogP contribution in [0.2, 0.25) is 0 Å². The lowest BCUT2D eigenvalue weighted by Gasteiger charge is -2.30. The molecular formula is C24H25N5O2. The van der Waals surface area contributed by atoms with Crippen LogP contribution in [0.25, 0.3) is 16.9 Å². The molecule has 2 aromatic carbocycles. The second kappa shape index (κ2) is 8.28. The smallest absolute Gasteiger partial charge is 0.213 e. The van der Waals surface area contributed by atoms with E-state index >= 15 is 0 Å². The molecule has 3 heterocycles. The highest BCUT2D eigenvalue weighted by atomic mass is 16.5. The van der Waals surface area contributed by atoms with Gasteiger partial charge in [-0.05, 0) is 31.2 Å². The van der Waals surface area contributed by atoms with Crippen molar-refractivity contribution in [3.8, 4) is 17.0 Å². The van der Waals surface area contributed by atoms with Crippen LogP contribution in [0.3, 0.4) is 0 Å². The minimum absolute atomic E-state index is 0.713. The SMILES string of the molecule is COc1cc(-c2cc3nccn3c(Nc3ccc(C)cc3)n2)ccc1N1CCOCC1. The molecule has 158 valence electrons. The van der Waals surface area contributed by atoms with Gasteiger partial charge in [0, 0.05) is 42.8 Å². The van der Waals surface area contributed by atoms with Gasteiger partial charge < -0.3 is 19.7 Å². The van der Waals surface area contributed by atoms with Gasteiger partial charge in [0.05, 0.1) is 31.7 Å². The van der Waals surface area contributed by atoms with E-state index in [0.717, 1.165) is 60.3 Å². The molecule has 1 aliphatic heterocycles. The predicted molar refractivity (Wildman–Crippen MR) is 122 cm³/mol. The van der Waals surface area contributed by atoms with Crippen LogP contribution in [-0.4, -0.2) is 47.8 Å². The molecule has 0 aliphatic carbocycles. The number of aromatic nitrogens is 3. The zero-order chi connectivity index (χ0) is 21.2. The Bertz CT molecular complexity index is 1200. The van der Waals surface area contributed by atoms with Gasteiger partial charge in [-0.1, -0.05) is 23.8 Å². The van der Waals surface area contributed by atoms with Crippen molar-refractivity contribution in [2.24, 2.45) is 0 Å². The third-order valence-electron chi connectivity index (χ3n) is 5.52. The second-order valence-corrected chi connectivity index (χ2v) is 7.60. The summed E-state index contributed by atoms with van der Waals surface area (Å²) in [6, 6.07) is 16.5. The van der Waals surface area contributed by atoms with Crippen molar-refractivity contribution in [1.29, 1.82) is 0 Å². The van der Waals surface area contributed by atoms with Crippen molar-refractivity contribution in [1.82, 2.24) is 14.4 Å². The summed E-state index contributed by atoms with van der Waals surface area (Å²) in [5.41, 5.74) is 5.91. The molecule has 7 nitrogen and oxygen atoms in total. The summed E-state index contributed by atoms with van der Waals surface area (Å²) >= 11 is 0. The Labute approximate surface area is 181 Å². The molecule has 0 amide bonds. The van der Waals surface area contributed by atoms with Gasteiger partial charge in [0.1, 0.15) is 11.4 Å². The normalized spacial score (nSPS) is 14.1. The summed E-state index contributed by atoms with van der Waals surface area (Å²) in [5, 5.41) is 3.42. The maximum absolute atomic E-state index is 5.72. The van der Waals surface area contributed by atoms with Gasteiger partial charge in [0.25, 0.3) is 0 Å². The van der Waals surface area contributed by atoms with E-state index in [0.29, 0.717) is 5.95 Å². The Morgan fingerprint density at radius 1 is 1.03 bits per heavy atom. The highest BCUT2D eigenvalue weighted by molar-refractivity contribution is 5.73. The number of morpholine rings is 1. The third kappa shape index (κ3) is 3.92. The molecule has 1 fully saturated rings. The quantitative estimate of drug-likeness (QED) is 0.525. The lowest BCUT2D eigenvalue weighted by molar-refractivity contribution is 0.122. The van der Waals surface area contributed by atoms with E-state index < -0.39 is 0 Å². The van der Waals surface area contributed by atoms with Crippen LogP contribution in [0.4, 0.5) is 17.3 Å². The molecule has 4 aromatic rings. The highest BCUT2D eigenvalue weighted by Crippen LogP contribution is 2.34. The number of benzene rings is 2. The third-order valence-corrected chi connectivity index (χ3v) is 5.52. The lowest BCUT2D eigenvalue weighted by atomic mass is 10.1. The zero-order valence-electron chi connectivity index (χ0n) is 17.7. The molecule has 0 bridgehead atoms. The number of methoxy groups -OCH3 is 1. The van der Waals surface area contributed by atoms with Crippen LogP contribution in [0.15, 0.2) is 60.9 Å². The Hall–Kier alpha value is -3.58. The Balaban J connectivity index is 1.53. The summed E-state index contributed by atoms with van der Waals surface area (Å²) in [7, 11) is 1.71. The van der Waals surface area contributed by atoms with E-state index in [1.54, 1.807) is 13.3 Å². The number of ether oxygens (including phenoxy) is 2. The minimum Gasteiger partial charge on any atom is -0.495 e. The fraction of sp³-hybridized carbons (Fsp3) is 0.250. The average Bonchev–Trinajstić information content (AvgIpc) is 3.30. The fourth-order valence-corrected chi connectivity index (χ4v) is 3.83. The predicted octanol–water partition coefficient (Wildman–Crippen LogP) is 4.29. The summed E-state index contributed by atoms with van der Waals surface area (Å²) < 4.78 is 13.2. The number of hydrogen-bond acceptors (Lipinski definition) is 6. The molecule has 7 heteroatoms. The highest BCUT2D eigenvalue weighted by Gasteiger charge is 2.17. The molecular weight excluding hydrogens is 390 g/mol. The molecule has 1 aliphatic rings. The number of hydrogen-bond donors (Lipinski definition) is 1. The maximum Gasteiger partial charge on any atom is 0.213 e. The first-order chi connectivity index (χ1) is 15.2. The van der Waals surface area contributed by atoms with Crippen LogP contribution in [0.5, 0.6) is 5.75 Å². The number of fused-ring (bicyclic) bond motifs is 1. The first-order valence-electron chi connectivity index (χ1n) is 10.4. The topological polar surface area (TPSA) is 63.9 Å². The summed E-state index contributed by atoms with van der Waals surface area (Å²) in [6.07, 6.45) is 3.69. The number of imidazole rings is 1. The summed E-state index contributed by atoms with van der Waals surface area (Å²) in [5.74, 6) is 1.54. The molecule has 0 atom stereocenters. The standard InChI is InChI=1S/C24H25N5O2/c1-17-3-6-19(7-4-17)26-24-27-20(16-23-25-9-10-29(23)24)18-5-8-21(22(15-18)30-2)28-11-13-31-14-12-28/h3-10,15-16H,11-14H2,1-2H3,(H,26,27). The van der Waals surface area contributed by atoms with E-state index in [-0.39, 0.29) is 0 Å². The van der Waals surface area contributed by atoms with Crippen molar-refractivity contribution < 1.29 is 9.47 Å². The van der Waals surface area contributed by atoms with E-state index in [2.05, 4.69) is 46.4 Å². The molecule has 2 aromatic heterocycles. The summed E-state index contributed by atoms with van der Waals surface area (Å²) in [6.45, 7) is 5.26. The molecule has 1 N–H and O–H groups in total. The van der Waals surface area contributed by atoms with Crippen molar-refractivity contribution >= 4 is 23.0 Å². The monoisotopic (exact) mass is 415 g/mol. The van der Waals surface area contributed by atoms with Gasteiger partial charge in [-0.25, -0.2) is 9.97 Å². The van der Waals surface area contributed by atoms with Gasteiger partial charge in [0.15, 0.2) is 0 Å². The molecule has 5 rings (SSSR count). The first-order valence-corrected chi connectivity index (χ1v) is 10.4. The number of rotatable bonds is 5. The second-order valence-electron chi connectivity index (χ2n) is 7.60. The zero-order valence-corrected chi connectivity index (χ0v) is 17.7. The van der Waals surface area contributed by atoms with Gasteiger partial charge in [-0.3, -0.25) is 4.40 Å². The number of anilines is 3. The van der Waals surface area contributed by atoms with Crippen molar-refractivity contribution in [3.63, 3.8) is 0 Å². The molecule has 0 unspecified atom stereocenters. The Morgan fingerprint density at radius 2 is 1.84 bits per heavy atom. The van der Waals surface area contributed by atoms with E-state index in [1.807, 2.05) is 34.9 Å². The van der Waals surface area contributed by atoms with Gasteiger partial charge >= 0.3 is 0 Å². The molecule has 1 saturated heterocycles. The maximum atomic E-state index is 5.72. The van der Waals surface area contributed by atoms with Crippen molar-refractivity contribution in [2.45, 2.75) is 6.92 Å². The van der Waals surface area contributed by atoms with Crippen LogP contribution < -0.4 is 15.0 Å². The lowest BCUT2D eigenvalue weighted by Crippen LogP contribution is -2.36. The van der Waals surface area contributed by atoms with E-state index in [4.69, 9.17) is 14.5 Å². The van der Waals surface area contributed by atoms with Crippen LogP contribution in [-0.2, 0) is 4.74 Å². The van der Waals surface area contributed by atoms with Gasteiger partial charge in [-0.2, -0.15) is 0 Å². The minimum atomic E-state index is 0.713. The number of nitrogens with one attached hydrogen (secondary N) is 1. The number of aryl methyl sites for hydroxylation is 1. The molecule has 0 saturated carbocycles.